The van der Waals surface area contributed by atoms with Gasteiger partial charge < -0.3 is 0 Å². The molecule has 0 saturated heterocycles. The third kappa shape index (κ3) is 0.925. The number of aromatic nitrogens is 4. The zero-order valence-electron chi connectivity index (χ0n) is 6.31. The molecule has 13 heavy (non-hydrogen) atoms. The molecule has 0 radical (unpaired) electrons. The van der Waals surface area contributed by atoms with Gasteiger partial charge in [-0.2, -0.15) is 3.71 Å². The molecule has 2 aromatic heterocycles. The van der Waals surface area contributed by atoms with Gasteiger partial charge >= 0.3 is 0 Å². The van der Waals surface area contributed by atoms with Crippen LogP contribution in [0.15, 0.2) is 17.6 Å². The summed E-state index contributed by atoms with van der Waals surface area (Å²) in [5, 5.41) is 7.94. The van der Waals surface area contributed by atoms with Gasteiger partial charge in [0.15, 0.2) is 0 Å². The van der Waals surface area contributed by atoms with E-state index in [0.29, 0.717) is 0 Å². The van der Waals surface area contributed by atoms with E-state index in [0.717, 1.165) is 21.3 Å². The number of fused-ring (bicyclic) bond motifs is 3. The summed E-state index contributed by atoms with van der Waals surface area (Å²) in [6.07, 6.45) is 0. The summed E-state index contributed by atoms with van der Waals surface area (Å²) < 4.78 is 2.67. The molecule has 3 aromatic rings. The van der Waals surface area contributed by atoms with Gasteiger partial charge in [-0.05, 0) is 12.1 Å². The maximum absolute atomic E-state index is 4.20. The van der Waals surface area contributed by atoms with E-state index in [1.54, 1.807) is 15.0 Å². The number of rotatable bonds is 0. The first-order chi connectivity index (χ1) is 6.36. The fourth-order valence-corrected chi connectivity index (χ4v) is 2.41. The van der Waals surface area contributed by atoms with Crippen LogP contribution in [0.4, 0.5) is 0 Å². The topological polar surface area (TPSA) is 43.6 Å². The minimum Gasteiger partial charge on any atom is -0.245 e. The Hall–Kier alpha value is -1.01. The normalized spacial score (nSPS) is 11.5. The van der Waals surface area contributed by atoms with Gasteiger partial charge in [0, 0.05) is 0 Å². The van der Waals surface area contributed by atoms with Crippen molar-refractivity contribution in [2.45, 2.75) is 0 Å². The third-order valence-electron chi connectivity index (χ3n) is 1.87. The van der Waals surface area contributed by atoms with E-state index in [9.17, 15) is 0 Å². The van der Waals surface area contributed by atoms with Gasteiger partial charge in [0.2, 0.25) is 0 Å². The maximum atomic E-state index is 4.20. The van der Waals surface area contributed by atoms with Crippen LogP contribution in [0.5, 0.6) is 0 Å². The number of thiazole rings is 1. The Kier molecular flexibility index (Phi) is 1.42. The van der Waals surface area contributed by atoms with Crippen molar-refractivity contribution in [3.05, 3.63) is 17.6 Å². The van der Waals surface area contributed by atoms with E-state index in [2.05, 4.69) is 31.4 Å². The highest BCUT2D eigenvalue weighted by molar-refractivity contribution is 9.08. The Balaban J connectivity index is 2.66. The molecule has 1 aromatic carbocycles. The van der Waals surface area contributed by atoms with Crippen LogP contribution in [0.3, 0.4) is 0 Å². The molecule has 0 aliphatic rings. The van der Waals surface area contributed by atoms with E-state index in [-0.39, 0.29) is 0 Å². The van der Waals surface area contributed by atoms with Gasteiger partial charge in [-0.1, -0.05) is 5.21 Å². The first-order valence-electron chi connectivity index (χ1n) is 3.60. The molecule has 3 rings (SSSR count). The maximum Gasteiger partial charge on any atom is 0.133 e. The molecule has 0 saturated carbocycles. The third-order valence-corrected chi connectivity index (χ3v) is 3.25. The average molecular weight is 255 g/mol. The molecule has 0 atom stereocenters. The van der Waals surface area contributed by atoms with E-state index in [1.807, 2.05) is 17.6 Å². The second kappa shape index (κ2) is 2.49. The highest BCUT2D eigenvalue weighted by atomic mass is 79.9. The molecular weight excluding hydrogens is 252 g/mol. The molecule has 0 spiro atoms. The van der Waals surface area contributed by atoms with E-state index in [1.165, 1.54) is 0 Å². The lowest BCUT2D eigenvalue weighted by molar-refractivity contribution is 0.925. The van der Waals surface area contributed by atoms with Crippen molar-refractivity contribution in [3.63, 3.8) is 0 Å². The van der Waals surface area contributed by atoms with E-state index < -0.39 is 0 Å². The van der Waals surface area contributed by atoms with Gasteiger partial charge in [0.1, 0.15) is 11.0 Å². The standard InChI is InChI=1S/C7H3BrN4S/c8-12-5-2-1-4-7(13-3-9-4)6(5)10-11-12/h1-3H. The quantitative estimate of drug-likeness (QED) is 0.618. The fraction of sp³-hybridized carbons (Fsp3) is 0. The van der Waals surface area contributed by atoms with Gasteiger partial charge in [0.25, 0.3) is 0 Å². The molecule has 0 aliphatic carbocycles. The van der Waals surface area contributed by atoms with Crippen LogP contribution in [0.1, 0.15) is 0 Å². The SMILES string of the molecule is Brn1nnc2c3scnc3ccc21. The average Bonchev–Trinajstić information content (AvgIpc) is 2.70. The lowest BCUT2D eigenvalue weighted by Gasteiger charge is -1.89. The minimum absolute atomic E-state index is 0.900. The summed E-state index contributed by atoms with van der Waals surface area (Å²) in [4.78, 5) is 4.20. The zero-order valence-corrected chi connectivity index (χ0v) is 8.71. The molecule has 0 fully saturated rings. The van der Waals surface area contributed by atoms with E-state index >= 15 is 0 Å². The van der Waals surface area contributed by atoms with Crippen molar-refractivity contribution in [2.24, 2.45) is 0 Å². The van der Waals surface area contributed by atoms with Crippen molar-refractivity contribution in [2.75, 3.05) is 0 Å². The van der Waals surface area contributed by atoms with Crippen LogP contribution < -0.4 is 0 Å². The number of halogens is 1. The van der Waals surface area contributed by atoms with Crippen molar-refractivity contribution in [1.29, 1.82) is 0 Å². The predicted octanol–water partition coefficient (Wildman–Crippen LogP) is 2.20. The van der Waals surface area contributed by atoms with Crippen LogP contribution >= 0.6 is 27.5 Å². The molecule has 0 unspecified atom stereocenters. The predicted molar refractivity (Wildman–Crippen MR) is 55.0 cm³/mol. The van der Waals surface area contributed by atoms with Crippen molar-refractivity contribution in [1.82, 2.24) is 19.0 Å². The highest BCUT2D eigenvalue weighted by Crippen LogP contribution is 2.26. The molecule has 0 N–H and O–H groups in total. The van der Waals surface area contributed by atoms with Crippen LogP contribution in [0, 0.1) is 0 Å². The van der Waals surface area contributed by atoms with Gasteiger partial charge in [0.05, 0.1) is 31.9 Å². The van der Waals surface area contributed by atoms with Crippen LogP contribution in [-0.4, -0.2) is 19.0 Å². The van der Waals surface area contributed by atoms with Crippen molar-refractivity contribution in [3.8, 4) is 0 Å². The molecule has 6 heteroatoms. The summed E-state index contributed by atoms with van der Waals surface area (Å²) in [5.41, 5.74) is 4.66. The van der Waals surface area contributed by atoms with Gasteiger partial charge in [-0.15, -0.1) is 16.4 Å². The Morgan fingerprint density at radius 1 is 1.38 bits per heavy atom. The minimum atomic E-state index is 0.900. The summed E-state index contributed by atoms with van der Waals surface area (Å²) in [7, 11) is 0. The van der Waals surface area contributed by atoms with Crippen LogP contribution in [0.2, 0.25) is 0 Å². The molecule has 2 heterocycles. The monoisotopic (exact) mass is 254 g/mol. The van der Waals surface area contributed by atoms with Gasteiger partial charge in [-0.3, -0.25) is 0 Å². The van der Waals surface area contributed by atoms with Crippen molar-refractivity contribution >= 4 is 48.7 Å². The summed E-state index contributed by atoms with van der Waals surface area (Å²) in [6, 6.07) is 3.92. The van der Waals surface area contributed by atoms with Crippen molar-refractivity contribution < 1.29 is 0 Å². The molecule has 64 valence electrons. The Bertz CT molecular complexity index is 584. The Morgan fingerprint density at radius 3 is 3.23 bits per heavy atom. The van der Waals surface area contributed by atoms with E-state index in [4.69, 9.17) is 0 Å². The molecular formula is C7H3BrN4S. The Labute approximate surface area is 85.5 Å². The molecule has 0 bridgehead atoms. The smallest absolute Gasteiger partial charge is 0.133 e. The summed E-state index contributed by atoms with van der Waals surface area (Å²) in [6.45, 7) is 0. The zero-order chi connectivity index (χ0) is 8.84. The highest BCUT2D eigenvalue weighted by Gasteiger charge is 2.07. The number of nitrogens with zero attached hydrogens (tertiary/aromatic N) is 4. The molecule has 4 nitrogen and oxygen atoms in total. The number of hydrogen-bond acceptors (Lipinski definition) is 4. The fourth-order valence-electron chi connectivity index (χ4n) is 1.28. The summed E-state index contributed by atoms with van der Waals surface area (Å²) in [5.74, 6) is 0. The summed E-state index contributed by atoms with van der Waals surface area (Å²) >= 11 is 4.85. The molecule has 0 amide bonds. The number of benzene rings is 1. The van der Waals surface area contributed by atoms with Crippen LogP contribution in [-0.2, 0) is 0 Å². The largest absolute Gasteiger partial charge is 0.245 e. The first kappa shape index (κ1) is 7.40. The lowest BCUT2D eigenvalue weighted by atomic mass is 10.3. The lowest BCUT2D eigenvalue weighted by Crippen LogP contribution is -1.79. The molecule has 0 aliphatic heterocycles. The second-order valence-electron chi connectivity index (χ2n) is 2.58. The Morgan fingerprint density at radius 2 is 2.31 bits per heavy atom. The van der Waals surface area contributed by atoms with Crippen LogP contribution in [0.25, 0.3) is 21.3 Å². The first-order valence-corrected chi connectivity index (χ1v) is 5.19. The number of hydrogen-bond donors (Lipinski definition) is 0. The second-order valence-corrected chi connectivity index (χ2v) is 4.11. The van der Waals surface area contributed by atoms with Gasteiger partial charge in [-0.25, -0.2) is 4.98 Å².